The molecule has 6 nitrogen and oxygen atoms in total. The van der Waals surface area contributed by atoms with Crippen molar-refractivity contribution in [1.82, 2.24) is 15.6 Å². The highest BCUT2D eigenvalue weighted by atomic mass is 127. The van der Waals surface area contributed by atoms with Crippen LogP contribution in [-0.2, 0) is 6.42 Å². The summed E-state index contributed by atoms with van der Waals surface area (Å²) < 4.78 is 28.8. The number of aliphatic hydroxyl groups excluding tert-OH is 1. The average molecular weight is 558 g/mol. The number of aromatic amines is 1. The standard InChI is InChI=1S/C23H28F2N4O2.HI/c1-2-26-23(27-13-5-6-17-14-28-20-8-4-3-7-19(17)20)29-15-21(30)16-9-11-18(12-10-16)31-22(24)25;/h3-4,7-12,14,21-22,28,30H,2,5-6,13,15H2,1H3,(H2,26,27,29);1H. The first-order valence-electron chi connectivity index (χ1n) is 10.4. The molecule has 0 amide bonds. The number of aromatic nitrogens is 1. The number of nitrogens with one attached hydrogen (secondary N) is 3. The van der Waals surface area contributed by atoms with E-state index in [-0.39, 0.29) is 36.3 Å². The van der Waals surface area contributed by atoms with E-state index >= 15 is 0 Å². The largest absolute Gasteiger partial charge is 0.435 e. The Kier molecular flexibility index (Phi) is 10.7. The van der Waals surface area contributed by atoms with Crippen molar-refractivity contribution in [2.24, 2.45) is 4.99 Å². The van der Waals surface area contributed by atoms with Crippen LogP contribution in [0.2, 0.25) is 0 Å². The van der Waals surface area contributed by atoms with Crippen molar-refractivity contribution in [1.29, 1.82) is 0 Å². The van der Waals surface area contributed by atoms with Crippen molar-refractivity contribution in [2.75, 3.05) is 19.6 Å². The first-order chi connectivity index (χ1) is 15.1. The quantitative estimate of drug-likeness (QED) is 0.127. The molecule has 0 bridgehead atoms. The molecule has 3 aromatic rings. The normalized spacial score (nSPS) is 12.5. The molecule has 0 fully saturated rings. The molecular formula is C23H29F2IN4O2. The summed E-state index contributed by atoms with van der Waals surface area (Å²) in [7, 11) is 0. The highest BCUT2D eigenvalue weighted by Crippen LogP contribution is 2.20. The van der Waals surface area contributed by atoms with Crippen molar-refractivity contribution in [3.63, 3.8) is 0 Å². The summed E-state index contributed by atoms with van der Waals surface area (Å²) in [6.07, 6.45) is 3.08. The number of H-pyrrole nitrogens is 1. The fraction of sp³-hybridized carbons (Fsp3) is 0.348. The van der Waals surface area contributed by atoms with Crippen LogP contribution in [-0.4, -0.2) is 42.3 Å². The summed E-state index contributed by atoms with van der Waals surface area (Å²) in [5.41, 5.74) is 3.01. The topological polar surface area (TPSA) is 81.7 Å². The van der Waals surface area contributed by atoms with Gasteiger partial charge in [0.1, 0.15) is 5.75 Å². The summed E-state index contributed by atoms with van der Waals surface area (Å²) in [6, 6.07) is 14.2. The number of alkyl halides is 2. The summed E-state index contributed by atoms with van der Waals surface area (Å²) in [5, 5.41) is 18.0. The van der Waals surface area contributed by atoms with Gasteiger partial charge in [0, 0.05) is 30.2 Å². The van der Waals surface area contributed by atoms with E-state index in [4.69, 9.17) is 0 Å². The smallest absolute Gasteiger partial charge is 0.387 e. The van der Waals surface area contributed by atoms with Crippen molar-refractivity contribution >= 4 is 40.8 Å². The van der Waals surface area contributed by atoms with Gasteiger partial charge in [-0.3, -0.25) is 4.99 Å². The molecular weight excluding hydrogens is 529 g/mol. The average Bonchev–Trinajstić information content (AvgIpc) is 3.18. The second-order valence-corrected chi connectivity index (χ2v) is 7.07. The van der Waals surface area contributed by atoms with E-state index in [0.717, 1.165) is 24.9 Å². The third-order valence-electron chi connectivity index (χ3n) is 4.85. The first-order valence-corrected chi connectivity index (χ1v) is 10.4. The number of hydrogen-bond donors (Lipinski definition) is 4. The molecule has 4 N–H and O–H groups in total. The highest BCUT2D eigenvalue weighted by molar-refractivity contribution is 14.0. The third kappa shape index (κ3) is 7.63. The molecule has 2 aromatic carbocycles. The number of halogens is 3. The molecule has 32 heavy (non-hydrogen) atoms. The zero-order valence-corrected chi connectivity index (χ0v) is 20.2. The number of ether oxygens (including phenoxy) is 1. The molecule has 0 saturated heterocycles. The van der Waals surface area contributed by atoms with E-state index in [1.54, 1.807) is 12.1 Å². The maximum absolute atomic E-state index is 12.2. The first kappa shape index (κ1) is 25.9. The van der Waals surface area contributed by atoms with E-state index in [1.165, 1.54) is 23.1 Å². The van der Waals surface area contributed by atoms with Gasteiger partial charge in [-0.05, 0) is 49.1 Å². The molecule has 0 aliphatic carbocycles. The number of hydrogen-bond acceptors (Lipinski definition) is 3. The second kappa shape index (κ2) is 13.2. The summed E-state index contributed by atoms with van der Waals surface area (Å²) in [6.45, 7) is 0.685. The highest BCUT2D eigenvalue weighted by Gasteiger charge is 2.10. The van der Waals surface area contributed by atoms with E-state index in [0.29, 0.717) is 18.1 Å². The van der Waals surface area contributed by atoms with Crippen LogP contribution in [0.3, 0.4) is 0 Å². The lowest BCUT2D eigenvalue weighted by molar-refractivity contribution is -0.0498. The molecule has 0 aliphatic heterocycles. The molecule has 1 atom stereocenters. The molecule has 3 rings (SSSR count). The van der Waals surface area contributed by atoms with Gasteiger partial charge in [0.15, 0.2) is 5.96 Å². The lowest BCUT2D eigenvalue weighted by atomic mass is 10.1. The Balaban J connectivity index is 0.00000363. The van der Waals surface area contributed by atoms with E-state index in [1.807, 2.05) is 19.1 Å². The molecule has 9 heteroatoms. The Morgan fingerprint density at radius 2 is 1.88 bits per heavy atom. The van der Waals surface area contributed by atoms with Gasteiger partial charge in [-0.2, -0.15) is 8.78 Å². The lowest BCUT2D eigenvalue weighted by Gasteiger charge is -2.14. The third-order valence-corrected chi connectivity index (χ3v) is 4.85. The number of benzene rings is 2. The number of nitrogens with zero attached hydrogens (tertiary/aromatic N) is 1. The van der Waals surface area contributed by atoms with Crippen molar-refractivity contribution in [3.05, 3.63) is 65.9 Å². The Morgan fingerprint density at radius 3 is 2.59 bits per heavy atom. The molecule has 1 aromatic heterocycles. The van der Waals surface area contributed by atoms with Gasteiger partial charge in [0.2, 0.25) is 0 Å². The maximum atomic E-state index is 12.2. The van der Waals surface area contributed by atoms with Crippen molar-refractivity contribution in [2.45, 2.75) is 32.5 Å². The van der Waals surface area contributed by atoms with Crippen LogP contribution in [0.15, 0.2) is 59.7 Å². The van der Waals surface area contributed by atoms with E-state index in [9.17, 15) is 13.9 Å². The number of aryl methyl sites for hydroxylation is 1. The van der Waals surface area contributed by atoms with Gasteiger partial charge in [-0.15, -0.1) is 24.0 Å². The SMILES string of the molecule is CCNC(=NCC(O)c1ccc(OC(F)F)cc1)NCCCc1c[nH]c2ccccc12.I. The van der Waals surface area contributed by atoms with Crippen LogP contribution in [0, 0.1) is 0 Å². The predicted molar refractivity (Wildman–Crippen MR) is 134 cm³/mol. The number of guanidine groups is 1. The molecule has 0 radical (unpaired) electrons. The van der Waals surface area contributed by atoms with E-state index < -0.39 is 12.7 Å². The minimum Gasteiger partial charge on any atom is -0.435 e. The summed E-state index contributed by atoms with van der Waals surface area (Å²) >= 11 is 0. The van der Waals surface area contributed by atoms with Gasteiger partial charge in [-0.25, -0.2) is 0 Å². The molecule has 1 unspecified atom stereocenters. The molecule has 0 saturated carbocycles. The monoisotopic (exact) mass is 558 g/mol. The summed E-state index contributed by atoms with van der Waals surface area (Å²) in [5.74, 6) is 0.679. The fourth-order valence-electron chi connectivity index (χ4n) is 3.32. The lowest BCUT2D eigenvalue weighted by Crippen LogP contribution is -2.38. The minimum atomic E-state index is -2.87. The second-order valence-electron chi connectivity index (χ2n) is 7.07. The number of para-hydroxylation sites is 1. The van der Waals surface area contributed by atoms with Crippen LogP contribution < -0.4 is 15.4 Å². The summed E-state index contributed by atoms with van der Waals surface area (Å²) in [4.78, 5) is 7.72. The van der Waals surface area contributed by atoms with Crippen LogP contribution >= 0.6 is 24.0 Å². The fourth-order valence-corrected chi connectivity index (χ4v) is 3.32. The van der Waals surface area contributed by atoms with Crippen LogP contribution in [0.5, 0.6) is 5.75 Å². The number of aliphatic hydroxyl groups is 1. The Morgan fingerprint density at radius 1 is 1.12 bits per heavy atom. The van der Waals surface area contributed by atoms with E-state index in [2.05, 4.69) is 43.7 Å². The van der Waals surface area contributed by atoms with Gasteiger partial charge in [0.25, 0.3) is 0 Å². The van der Waals surface area contributed by atoms with Gasteiger partial charge < -0.3 is 25.5 Å². The Hall–Kier alpha value is -2.40. The Labute approximate surface area is 203 Å². The van der Waals surface area contributed by atoms with Crippen molar-refractivity contribution in [3.8, 4) is 5.75 Å². The van der Waals surface area contributed by atoms with Crippen molar-refractivity contribution < 1.29 is 18.6 Å². The van der Waals surface area contributed by atoms with Gasteiger partial charge in [0.05, 0.1) is 12.6 Å². The maximum Gasteiger partial charge on any atom is 0.387 e. The molecule has 0 aliphatic rings. The molecule has 1 heterocycles. The minimum absolute atomic E-state index is 0. The number of rotatable bonds is 10. The van der Waals surface area contributed by atoms with Crippen LogP contribution in [0.4, 0.5) is 8.78 Å². The van der Waals surface area contributed by atoms with Gasteiger partial charge in [-0.1, -0.05) is 30.3 Å². The molecule has 0 spiro atoms. The van der Waals surface area contributed by atoms with Crippen LogP contribution in [0.25, 0.3) is 10.9 Å². The zero-order valence-electron chi connectivity index (χ0n) is 17.9. The Bertz CT molecular complexity index is 980. The van der Waals surface area contributed by atoms with Crippen LogP contribution in [0.1, 0.15) is 30.6 Å². The molecule has 174 valence electrons. The zero-order chi connectivity index (χ0) is 22.1. The predicted octanol–water partition coefficient (Wildman–Crippen LogP) is 4.61. The number of fused-ring (bicyclic) bond motifs is 1. The number of aliphatic imine (C=N–C) groups is 1. The van der Waals surface area contributed by atoms with Gasteiger partial charge >= 0.3 is 6.61 Å².